The first-order valence-corrected chi connectivity index (χ1v) is 6.16. The molecule has 1 N–H and O–H groups in total. The normalized spacial score (nSPS) is 12.4. The number of rotatable bonds is 0. The van der Waals surface area contributed by atoms with Gasteiger partial charge in [0.1, 0.15) is 5.75 Å². The third-order valence-corrected chi connectivity index (χ3v) is 3.79. The Hall–Kier alpha value is -2.28. The quantitative estimate of drug-likeness (QED) is 0.483. The molecule has 0 aliphatic heterocycles. The number of phenols is 1. The van der Waals surface area contributed by atoms with Crippen LogP contribution in [0.2, 0.25) is 0 Å². The number of phenolic OH excluding ortho intramolecular Hbond substituents is 1. The van der Waals surface area contributed by atoms with Gasteiger partial charge in [0.05, 0.1) is 0 Å². The lowest BCUT2D eigenvalue weighted by atomic mass is 9.99. The summed E-state index contributed by atoms with van der Waals surface area (Å²) in [5.41, 5.74) is 5.36. The Kier molecular flexibility index (Phi) is 1.81. The van der Waals surface area contributed by atoms with Gasteiger partial charge < -0.3 is 5.11 Å². The average molecular weight is 232 g/mol. The molecule has 1 heteroatoms. The second-order valence-electron chi connectivity index (χ2n) is 4.83. The van der Waals surface area contributed by atoms with Gasteiger partial charge in [0.25, 0.3) is 0 Å². The molecule has 1 aliphatic rings. The van der Waals surface area contributed by atoms with Crippen molar-refractivity contribution in [2.45, 2.75) is 6.42 Å². The Morgan fingerprint density at radius 1 is 0.833 bits per heavy atom. The van der Waals surface area contributed by atoms with Crippen molar-refractivity contribution >= 4 is 10.8 Å². The molecule has 0 saturated heterocycles. The zero-order chi connectivity index (χ0) is 12.1. The largest absolute Gasteiger partial charge is 0.508 e. The van der Waals surface area contributed by atoms with Crippen LogP contribution in [0.25, 0.3) is 21.9 Å². The minimum atomic E-state index is 0.340. The Morgan fingerprint density at radius 3 is 2.61 bits per heavy atom. The average Bonchev–Trinajstić information content (AvgIpc) is 2.78. The Morgan fingerprint density at radius 2 is 1.67 bits per heavy atom. The molecule has 0 bridgehead atoms. The van der Waals surface area contributed by atoms with Crippen molar-refractivity contribution in [2.24, 2.45) is 0 Å². The van der Waals surface area contributed by atoms with E-state index in [0.717, 1.165) is 6.42 Å². The summed E-state index contributed by atoms with van der Waals surface area (Å²) in [7, 11) is 0. The molecule has 0 aromatic heterocycles. The van der Waals surface area contributed by atoms with E-state index >= 15 is 0 Å². The van der Waals surface area contributed by atoms with E-state index in [1.165, 1.54) is 33.0 Å². The zero-order valence-electron chi connectivity index (χ0n) is 9.85. The summed E-state index contributed by atoms with van der Waals surface area (Å²) in [6, 6.07) is 18.5. The minimum absolute atomic E-state index is 0.340. The molecule has 0 unspecified atom stereocenters. The van der Waals surface area contributed by atoms with Crippen LogP contribution in [0.3, 0.4) is 0 Å². The van der Waals surface area contributed by atoms with Crippen LogP contribution < -0.4 is 0 Å². The second-order valence-corrected chi connectivity index (χ2v) is 4.83. The molecule has 1 aliphatic carbocycles. The molecule has 1 nitrogen and oxygen atoms in total. The fraction of sp³-hybridized carbons (Fsp3) is 0.0588. The molecule has 0 atom stereocenters. The van der Waals surface area contributed by atoms with E-state index in [1.807, 2.05) is 12.1 Å². The molecular weight excluding hydrogens is 220 g/mol. The van der Waals surface area contributed by atoms with Crippen molar-refractivity contribution < 1.29 is 5.11 Å². The molecule has 0 amide bonds. The van der Waals surface area contributed by atoms with E-state index in [0.29, 0.717) is 5.75 Å². The molecule has 18 heavy (non-hydrogen) atoms. The standard InChI is InChI=1S/C17H12O/c18-13-7-5-11-6-8-15-14-4-2-1-3-12(14)9-17(15)16(11)10-13/h1-8,10,18H,9H2. The van der Waals surface area contributed by atoms with Crippen LogP contribution in [-0.4, -0.2) is 5.11 Å². The van der Waals surface area contributed by atoms with Gasteiger partial charge in [-0.2, -0.15) is 0 Å². The highest BCUT2D eigenvalue weighted by molar-refractivity contribution is 5.95. The predicted octanol–water partition coefficient (Wildman–Crippen LogP) is 4.12. The number of benzene rings is 3. The lowest BCUT2D eigenvalue weighted by Crippen LogP contribution is -1.83. The Balaban J connectivity index is 2.09. The third-order valence-electron chi connectivity index (χ3n) is 3.79. The maximum Gasteiger partial charge on any atom is 0.116 e. The van der Waals surface area contributed by atoms with Crippen LogP contribution >= 0.6 is 0 Å². The molecule has 0 heterocycles. The van der Waals surface area contributed by atoms with Gasteiger partial charge in [-0.05, 0) is 51.6 Å². The van der Waals surface area contributed by atoms with Gasteiger partial charge in [0.15, 0.2) is 0 Å². The molecule has 86 valence electrons. The highest BCUT2D eigenvalue weighted by atomic mass is 16.3. The molecule has 0 saturated carbocycles. The maximum absolute atomic E-state index is 9.68. The summed E-state index contributed by atoms with van der Waals surface area (Å²) in [5.74, 6) is 0.340. The predicted molar refractivity (Wildman–Crippen MR) is 73.9 cm³/mol. The molecule has 3 aromatic carbocycles. The Bertz CT molecular complexity index is 772. The SMILES string of the molecule is Oc1ccc2ccc3c(c2c1)Cc1ccccc1-3. The van der Waals surface area contributed by atoms with Gasteiger partial charge in [-0.25, -0.2) is 0 Å². The van der Waals surface area contributed by atoms with Crippen LogP contribution in [0.1, 0.15) is 11.1 Å². The number of aromatic hydroxyl groups is 1. The van der Waals surface area contributed by atoms with Gasteiger partial charge in [-0.1, -0.05) is 42.5 Å². The van der Waals surface area contributed by atoms with Crippen molar-refractivity contribution in [3.63, 3.8) is 0 Å². The first-order chi connectivity index (χ1) is 8.83. The highest BCUT2D eigenvalue weighted by Crippen LogP contribution is 2.40. The van der Waals surface area contributed by atoms with Gasteiger partial charge in [-0.3, -0.25) is 0 Å². The van der Waals surface area contributed by atoms with Crippen LogP contribution in [0.4, 0.5) is 0 Å². The monoisotopic (exact) mass is 232 g/mol. The van der Waals surface area contributed by atoms with E-state index in [1.54, 1.807) is 6.07 Å². The van der Waals surface area contributed by atoms with Gasteiger partial charge >= 0.3 is 0 Å². The zero-order valence-corrected chi connectivity index (χ0v) is 9.85. The lowest BCUT2D eigenvalue weighted by Gasteiger charge is -2.06. The van der Waals surface area contributed by atoms with Crippen molar-refractivity contribution in [2.75, 3.05) is 0 Å². The van der Waals surface area contributed by atoms with E-state index in [-0.39, 0.29) is 0 Å². The highest BCUT2D eigenvalue weighted by Gasteiger charge is 2.19. The Labute approximate surface area is 105 Å². The fourth-order valence-corrected chi connectivity index (χ4v) is 2.94. The van der Waals surface area contributed by atoms with Crippen molar-refractivity contribution in [1.29, 1.82) is 0 Å². The summed E-state index contributed by atoms with van der Waals surface area (Å²) in [6.45, 7) is 0. The topological polar surface area (TPSA) is 20.2 Å². The molecule has 4 rings (SSSR count). The molecule has 0 fully saturated rings. The molecule has 0 radical (unpaired) electrons. The van der Waals surface area contributed by atoms with E-state index in [2.05, 4.69) is 36.4 Å². The molecule has 3 aromatic rings. The summed E-state index contributed by atoms with van der Waals surface area (Å²) < 4.78 is 0. The summed E-state index contributed by atoms with van der Waals surface area (Å²) in [6.07, 6.45) is 0.965. The number of hydrogen-bond acceptors (Lipinski definition) is 1. The van der Waals surface area contributed by atoms with Crippen molar-refractivity contribution in [3.8, 4) is 16.9 Å². The van der Waals surface area contributed by atoms with E-state index in [4.69, 9.17) is 0 Å². The number of fused-ring (bicyclic) bond motifs is 5. The number of hydrogen-bond donors (Lipinski definition) is 1. The lowest BCUT2D eigenvalue weighted by molar-refractivity contribution is 0.476. The maximum atomic E-state index is 9.68. The van der Waals surface area contributed by atoms with Crippen molar-refractivity contribution in [3.05, 3.63) is 65.7 Å². The van der Waals surface area contributed by atoms with E-state index in [9.17, 15) is 5.11 Å². The minimum Gasteiger partial charge on any atom is -0.508 e. The van der Waals surface area contributed by atoms with Crippen molar-refractivity contribution in [1.82, 2.24) is 0 Å². The smallest absolute Gasteiger partial charge is 0.116 e. The van der Waals surface area contributed by atoms with Gasteiger partial charge in [-0.15, -0.1) is 0 Å². The summed E-state index contributed by atoms with van der Waals surface area (Å²) in [4.78, 5) is 0. The van der Waals surface area contributed by atoms with E-state index < -0.39 is 0 Å². The second kappa shape index (κ2) is 3.36. The van der Waals surface area contributed by atoms with Crippen LogP contribution in [0.5, 0.6) is 5.75 Å². The van der Waals surface area contributed by atoms with Crippen LogP contribution in [0.15, 0.2) is 54.6 Å². The third kappa shape index (κ3) is 1.22. The molecule has 0 spiro atoms. The first kappa shape index (κ1) is 9.72. The fourth-order valence-electron chi connectivity index (χ4n) is 2.94. The first-order valence-electron chi connectivity index (χ1n) is 6.16. The molecular formula is C17H12O. The van der Waals surface area contributed by atoms with Gasteiger partial charge in [0, 0.05) is 0 Å². The van der Waals surface area contributed by atoms with Crippen LogP contribution in [-0.2, 0) is 6.42 Å². The van der Waals surface area contributed by atoms with Gasteiger partial charge in [0.2, 0.25) is 0 Å². The summed E-state index contributed by atoms with van der Waals surface area (Å²) >= 11 is 0. The van der Waals surface area contributed by atoms with Crippen LogP contribution in [0, 0.1) is 0 Å². The summed E-state index contributed by atoms with van der Waals surface area (Å²) in [5, 5.41) is 12.0.